The Morgan fingerprint density at radius 3 is 2.53 bits per heavy atom. The molecule has 1 aromatic rings. The zero-order chi connectivity index (χ0) is 14.6. The highest BCUT2D eigenvalue weighted by molar-refractivity contribution is 7.89. The van der Waals surface area contributed by atoms with Crippen LogP contribution in [-0.2, 0) is 14.8 Å². The van der Waals surface area contributed by atoms with Gasteiger partial charge in [0.15, 0.2) is 0 Å². The Morgan fingerprint density at radius 1 is 1.37 bits per heavy atom. The van der Waals surface area contributed by atoms with Crippen molar-refractivity contribution in [3.05, 3.63) is 17.7 Å². The molecule has 0 saturated carbocycles. The molecule has 0 aromatic heterocycles. The topological polar surface area (TPSA) is 127 Å². The monoisotopic (exact) mass is 286 g/mol. The van der Waals surface area contributed by atoms with Gasteiger partial charge in [-0.05, 0) is 31.5 Å². The minimum absolute atomic E-state index is 0.0300. The van der Waals surface area contributed by atoms with E-state index in [2.05, 4.69) is 10.6 Å². The number of benzene rings is 1. The SMILES string of the molecule is CCNC(=O)CNc1cc(N)cc(S(N)(=O)=O)c1C. The van der Waals surface area contributed by atoms with Crippen LogP contribution in [0, 0.1) is 6.92 Å². The van der Waals surface area contributed by atoms with Crippen LogP contribution in [0.2, 0.25) is 0 Å². The second kappa shape index (κ2) is 5.89. The van der Waals surface area contributed by atoms with E-state index < -0.39 is 10.0 Å². The molecule has 0 aliphatic carbocycles. The first-order valence-electron chi connectivity index (χ1n) is 5.69. The Bertz CT molecular complexity index is 584. The molecule has 0 bridgehead atoms. The molecular formula is C11H18N4O3S. The summed E-state index contributed by atoms with van der Waals surface area (Å²) in [5.41, 5.74) is 6.79. The highest BCUT2D eigenvalue weighted by atomic mass is 32.2. The van der Waals surface area contributed by atoms with Crippen LogP contribution in [-0.4, -0.2) is 27.4 Å². The number of carbonyl (C=O) groups excluding carboxylic acids is 1. The third-order valence-electron chi connectivity index (χ3n) is 2.50. The number of carbonyl (C=O) groups is 1. The van der Waals surface area contributed by atoms with Crippen molar-refractivity contribution in [3.8, 4) is 0 Å². The van der Waals surface area contributed by atoms with Crippen LogP contribution in [0.1, 0.15) is 12.5 Å². The first-order chi connectivity index (χ1) is 8.75. The minimum atomic E-state index is -3.85. The van der Waals surface area contributed by atoms with Gasteiger partial charge in [-0.25, -0.2) is 13.6 Å². The van der Waals surface area contributed by atoms with Crippen molar-refractivity contribution < 1.29 is 13.2 Å². The lowest BCUT2D eigenvalue weighted by Gasteiger charge is -2.13. The molecule has 0 aliphatic heterocycles. The number of nitrogens with two attached hydrogens (primary N) is 2. The number of amides is 1. The average molecular weight is 286 g/mol. The van der Waals surface area contributed by atoms with Crippen LogP contribution in [0.25, 0.3) is 0 Å². The molecule has 19 heavy (non-hydrogen) atoms. The second-order valence-electron chi connectivity index (χ2n) is 4.04. The Hall–Kier alpha value is -1.80. The quantitative estimate of drug-likeness (QED) is 0.556. The molecule has 106 valence electrons. The van der Waals surface area contributed by atoms with Gasteiger partial charge in [0.2, 0.25) is 15.9 Å². The molecule has 0 heterocycles. The van der Waals surface area contributed by atoms with E-state index in [4.69, 9.17) is 10.9 Å². The third-order valence-corrected chi connectivity index (χ3v) is 3.54. The molecule has 1 aromatic carbocycles. The summed E-state index contributed by atoms with van der Waals surface area (Å²) in [6.45, 7) is 3.96. The molecule has 8 heteroatoms. The smallest absolute Gasteiger partial charge is 0.239 e. The van der Waals surface area contributed by atoms with Crippen LogP contribution in [0.15, 0.2) is 17.0 Å². The number of primary sulfonamides is 1. The molecule has 6 N–H and O–H groups in total. The Balaban J connectivity index is 3.03. The van der Waals surface area contributed by atoms with Crippen LogP contribution in [0.3, 0.4) is 0 Å². The molecule has 0 atom stereocenters. The lowest BCUT2D eigenvalue weighted by molar-refractivity contribution is -0.119. The highest BCUT2D eigenvalue weighted by Crippen LogP contribution is 2.25. The van der Waals surface area contributed by atoms with Gasteiger partial charge in [0.1, 0.15) is 0 Å². The van der Waals surface area contributed by atoms with Gasteiger partial charge in [0, 0.05) is 17.9 Å². The summed E-state index contributed by atoms with van der Waals surface area (Å²) in [5, 5.41) is 10.6. The zero-order valence-corrected chi connectivity index (χ0v) is 11.7. The van der Waals surface area contributed by atoms with Gasteiger partial charge in [-0.1, -0.05) is 0 Å². The number of anilines is 2. The van der Waals surface area contributed by atoms with E-state index in [1.54, 1.807) is 13.0 Å². The zero-order valence-electron chi connectivity index (χ0n) is 10.9. The van der Waals surface area contributed by atoms with Crippen molar-refractivity contribution in [2.45, 2.75) is 18.7 Å². The Morgan fingerprint density at radius 2 is 2.00 bits per heavy atom. The van der Waals surface area contributed by atoms with E-state index in [1.807, 2.05) is 6.92 Å². The number of rotatable bonds is 5. The number of likely N-dealkylation sites (N-methyl/N-ethyl adjacent to an activating group) is 1. The molecule has 1 amide bonds. The molecule has 0 fully saturated rings. The van der Waals surface area contributed by atoms with Crippen LogP contribution < -0.4 is 21.5 Å². The normalized spacial score (nSPS) is 11.1. The number of sulfonamides is 1. The number of nitrogens with one attached hydrogen (secondary N) is 2. The van der Waals surface area contributed by atoms with E-state index in [9.17, 15) is 13.2 Å². The molecule has 0 unspecified atom stereocenters. The van der Waals surface area contributed by atoms with Crippen molar-refractivity contribution in [1.82, 2.24) is 5.32 Å². The maximum atomic E-state index is 11.4. The number of hydrogen-bond acceptors (Lipinski definition) is 5. The van der Waals surface area contributed by atoms with Gasteiger partial charge in [0.05, 0.1) is 11.4 Å². The van der Waals surface area contributed by atoms with E-state index >= 15 is 0 Å². The maximum Gasteiger partial charge on any atom is 0.239 e. The molecular weight excluding hydrogens is 268 g/mol. The summed E-state index contributed by atoms with van der Waals surface area (Å²) in [6, 6.07) is 2.85. The molecule has 0 spiro atoms. The largest absolute Gasteiger partial charge is 0.399 e. The van der Waals surface area contributed by atoms with E-state index in [-0.39, 0.29) is 23.0 Å². The van der Waals surface area contributed by atoms with Crippen molar-refractivity contribution in [2.75, 3.05) is 24.1 Å². The molecule has 7 nitrogen and oxygen atoms in total. The predicted octanol–water partition coefficient (Wildman–Crippen LogP) is -0.227. The first kappa shape index (κ1) is 15.3. The Kier molecular flexibility index (Phi) is 4.73. The van der Waals surface area contributed by atoms with Crippen molar-refractivity contribution in [1.29, 1.82) is 0 Å². The van der Waals surface area contributed by atoms with Gasteiger partial charge in [-0.3, -0.25) is 4.79 Å². The van der Waals surface area contributed by atoms with Crippen molar-refractivity contribution in [2.24, 2.45) is 5.14 Å². The summed E-state index contributed by atoms with van der Waals surface area (Å²) in [7, 11) is -3.85. The minimum Gasteiger partial charge on any atom is -0.399 e. The molecule has 0 saturated heterocycles. The van der Waals surface area contributed by atoms with Gasteiger partial charge >= 0.3 is 0 Å². The summed E-state index contributed by atoms with van der Waals surface area (Å²) in [5.74, 6) is -0.193. The van der Waals surface area contributed by atoms with Crippen LogP contribution >= 0.6 is 0 Å². The average Bonchev–Trinajstić information content (AvgIpc) is 2.28. The van der Waals surface area contributed by atoms with Gasteiger partial charge in [0.25, 0.3) is 0 Å². The van der Waals surface area contributed by atoms with E-state index in [0.29, 0.717) is 17.8 Å². The van der Waals surface area contributed by atoms with Crippen molar-refractivity contribution >= 4 is 27.3 Å². The fourth-order valence-electron chi connectivity index (χ4n) is 1.62. The van der Waals surface area contributed by atoms with E-state index in [1.165, 1.54) is 6.07 Å². The summed E-state index contributed by atoms with van der Waals surface area (Å²) < 4.78 is 22.8. The third kappa shape index (κ3) is 4.11. The molecule has 0 radical (unpaired) electrons. The first-order valence-corrected chi connectivity index (χ1v) is 7.23. The number of nitrogen functional groups attached to an aromatic ring is 1. The lowest BCUT2D eigenvalue weighted by atomic mass is 10.2. The molecule has 0 aliphatic rings. The molecule has 1 rings (SSSR count). The van der Waals surface area contributed by atoms with Crippen molar-refractivity contribution in [3.63, 3.8) is 0 Å². The lowest BCUT2D eigenvalue weighted by Crippen LogP contribution is -2.29. The second-order valence-corrected chi connectivity index (χ2v) is 5.57. The van der Waals surface area contributed by atoms with Gasteiger partial charge in [-0.2, -0.15) is 0 Å². The fourth-order valence-corrected chi connectivity index (χ4v) is 2.46. The van der Waals surface area contributed by atoms with E-state index in [0.717, 1.165) is 0 Å². The summed E-state index contributed by atoms with van der Waals surface area (Å²) in [4.78, 5) is 11.3. The maximum absolute atomic E-state index is 11.4. The highest BCUT2D eigenvalue weighted by Gasteiger charge is 2.15. The van der Waals surface area contributed by atoms with Gasteiger partial charge < -0.3 is 16.4 Å². The Labute approximate surface area is 112 Å². The summed E-state index contributed by atoms with van der Waals surface area (Å²) in [6.07, 6.45) is 0. The summed E-state index contributed by atoms with van der Waals surface area (Å²) >= 11 is 0. The standard InChI is InChI=1S/C11H18N4O3S/c1-3-14-11(16)6-15-9-4-8(12)5-10(7(9)2)19(13,17)18/h4-5,15H,3,6,12H2,1-2H3,(H,14,16)(H2,13,17,18). The fraction of sp³-hybridized carbons (Fsp3) is 0.364. The van der Waals surface area contributed by atoms with Crippen LogP contribution in [0.4, 0.5) is 11.4 Å². The van der Waals surface area contributed by atoms with Gasteiger partial charge in [-0.15, -0.1) is 0 Å². The number of hydrogen-bond donors (Lipinski definition) is 4. The van der Waals surface area contributed by atoms with Crippen LogP contribution in [0.5, 0.6) is 0 Å². The predicted molar refractivity (Wildman–Crippen MR) is 74.1 cm³/mol.